The van der Waals surface area contributed by atoms with Crippen LogP contribution in [0.3, 0.4) is 0 Å². The lowest BCUT2D eigenvalue weighted by Crippen LogP contribution is -2.35. The molecule has 7 heteroatoms. The number of fused-ring (bicyclic) bond motifs is 2. The van der Waals surface area contributed by atoms with Crippen LogP contribution in [0.5, 0.6) is 0 Å². The number of carbonyl (C=O) groups excluding carboxylic acids is 1. The first-order valence-corrected chi connectivity index (χ1v) is 10.5. The first-order valence-electron chi connectivity index (χ1n) is 10.5. The lowest BCUT2D eigenvalue weighted by atomic mass is 9.95. The zero-order chi connectivity index (χ0) is 22.0. The van der Waals surface area contributed by atoms with Crippen LogP contribution >= 0.6 is 0 Å². The number of amides is 1. The second-order valence-corrected chi connectivity index (χ2v) is 8.20. The van der Waals surface area contributed by atoms with E-state index in [0.29, 0.717) is 12.1 Å². The van der Waals surface area contributed by atoms with E-state index < -0.39 is 11.6 Å². The summed E-state index contributed by atoms with van der Waals surface area (Å²) in [5, 5.41) is 3.50. The van der Waals surface area contributed by atoms with E-state index in [-0.39, 0.29) is 11.6 Å². The highest BCUT2D eigenvalue weighted by Crippen LogP contribution is 2.29. The Balaban J connectivity index is 1.68. The smallest absolute Gasteiger partial charge is 0.256 e. The summed E-state index contributed by atoms with van der Waals surface area (Å²) in [6.45, 7) is 3.48. The number of carbonyl (C=O) groups is 1. The van der Waals surface area contributed by atoms with E-state index in [1.54, 1.807) is 0 Å². The van der Waals surface area contributed by atoms with Crippen LogP contribution in [-0.2, 0) is 13.0 Å². The Morgan fingerprint density at radius 1 is 1.16 bits per heavy atom. The molecule has 0 radical (unpaired) electrons. The van der Waals surface area contributed by atoms with E-state index in [0.717, 1.165) is 66.8 Å². The molecule has 1 aromatic heterocycles. The maximum Gasteiger partial charge on any atom is 0.256 e. The molecule has 5 nitrogen and oxygen atoms in total. The minimum absolute atomic E-state index is 0.220. The Morgan fingerprint density at radius 3 is 2.74 bits per heavy atom. The summed E-state index contributed by atoms with van der Waals surface area (Å²) in [7, 11) is 4.12. The zero-order valence-electron chi connectivity index (χ0n) is 17.8. The van der Waals surface area contributed by atoms with E-state index in [1.165, 1.54) is 6.07 Å². The molecule has 162 valence electrons. The molecule has 31 heavy (non-hydrogen) atoms. The summed E-state index contributed by atoms with van der Waals surface area (Å²) in [6, 6.07) is 10.9. The third kappa shape index (κ3) is 4.73. The number of pyridine rings is 1. The Morgan fingerprint density at radius 2 is 1.97 bits per heavy atom. The fraction of sp³-hybridized carbons (Fsp3) is 0.333. The molecule has 3 aromatic rings. The van der Waals surface area contributed by atoms with Crippen molar-refractivity contribution in [2.75, 3.05) is 39.0 Å². The van der Waals surface area contributed by atoms with Gasteiger partial charge in [-0.15, -0.1) is 0 Å². The second-order valence-electron chi connectivity index (χ2n) is 8.20. The van der Waals surface area contributed by atoms with E-state index in [1.807, 2.05) is 24.3 Å². The maximum absolute atomic E-state index is 13.6. The summed E-state index contributed by atoms with van der Waals surface area (Å²) < 4.78 is 26.9. The van der Waals surface area contributed by atoms with E-state index in [4.69, 9.17) is 4.98 Å². The van der Waals surface area contributed by atoms with E-state index in [9.17, 15) is 13.6 Å². The number of benzene rings is 2. The van der Waals surface area contributed by atoms with Crippen LogP contribution in [0.4, 0.5) is 14.5 Å². The van der Waals surface area contributed by atoms with Gasteiger partial charge in [0.2, 0.25) is 0 Å². The fourth-order valence-electron chi connectivity index (χ4n) is 4.07. The Kier molecular flexibility index (Phi) is 6.25. The molecule has 0 aliphatic carbocycles. The van der Waals surface area contributed by atoms with Gasteiger partial charge in [-0.3, -0.25) is 14.7 Å². The average Bonchev–Trinajstić information content (AvgIpc) is 2.74. The molecule has 0 bridgehead atoms. The fourth-order valence-corrected chi connectivity index (χ4v) is 4.07. The molecule has 1 N–H and O–H groups in total. The summed E-state index contributed by atoms with van der Waals surface area (Å²) in [5.74, 6) is -2.28. The molecule has 1 aliphatic rings. The number of aromatic nitrogens is 1. The maximum atomic E-state index is 13.6. The summed E-state index contributed by atoms with van der Waals surface area (Å²) in [4.78, 5) is 22.6. The standard InChI is InChI=1S/C24H26F2N4O/c1-29(2)11-5-12-30-13-10-22-18(15-30)23(17-6-3-4-7-21(17)28-22)24(31)27-16-8-9-19(25)20(26)14-16/h3-4,6-9,14H,5,10-13,15H2,1-2H3,(H,27,31). The molecule has 4 rings (SSSR count). The predicted molar refractivity (Wildman–Crippen MR) is 118 cm³/mol. The minimum Gasteiger partial charge on any atom is -0.322 e. The molecule has 0 saturated carbocycles. The zero-order valence-corrected chi connectivity index (χ0v) is 17.8. The van der Waals surface area contributed by atoms with Gasteiger partial charge in [0.25, 0.3) is 5.91 Å². The van der Waals surface area contributed by atoms with Gasteiger partial charge in [-0.1, -0.05) is 18.2 Å². The van der Waals surface area contributed by atoms with Crippen LogP contribution in [0.15, 0.2) is 42.5 Å². The first-order chi connectivity index (χ1) is 14.9. The van der Waals surface area contributed by atoms with Crippen molar-refractivity contribution in [1.29, 1.82) is 0 Å². The van der Waals surface area contributed by atoms with Crippen molar-refractivity contribution in [3.8, 4) is 0 Å². The van der Waals surface area contributed by atoms with Crippen molar-refractivity contribution in [1.82, 2.24) is 14.8 Å². The second kappa shape index (κ2) is 9.08. The SMILES string of the molecule is CN(C)CCCN1CCc2nc3ccccc3c(C(=O)Nc3ccc(F)c(F)c3)c2C1. The van der Waals surface area contributed by atoms with Gasteiger partial charge >= 0.3 is 0 Å². The van der Waals surface area contributed by atoms with Crippen LogP contribution in [0.1, 0.15) is 28.0 Å². The van der Waals surface area contributed by atoms with E-state index in [2.05, 4.69) is 29.2 Å². The highest BCUT2D eigenvalue weighted by atomic mass is 19.2. The number of nitrogens with one attached hydrogen (secondary N) is 1. The molecule has 1 aliphatic heterocycles. The summed E-state index contributed by atoms with van der Waals surface area (Å²) in [6.07, 6.45) is 1.81. The molecule has 0 unspecified atom stereocenters. The number of para-hydroxylation sites is 1. The molecule has 2 aromatic carbocycles. The van der Waals surface area contributed by atoms with Crippen molar-refractivity contribution in [3.63, 3.8) is 0 Å². The van der Waals surface area contributed by atoms with Gasteiger partial charge in [0.1, 0.15) is 0 Å². The van der Waals surface area contributed by atoms with Gasteiger partial charge < -0.3 is 10.2 Å². The number of hydrogen-bond acceptors (Lipinski definition) is 4. The van der Waals surface area contributed by atoms with Crippen LogP contribution in [0.25, 0.3) is 10.9 Å². The topological polar surface area (TPSA) is 48.5 Å². The minimum atomic E-state index is -0.994. The lowest BCUT2D eigenvalue weighted by Gasteiger charge is -2.30. The van der Waals surface area contributed by atoms with Gasteiger partial charge in [-0.05, 0) is 51.8 Å². The van der Waals surface area contributed by atoms with Crippen molar-refractivity contribution in [3.05, 3.63) is 70.9 Å². The van der Waals surface area contributed by atoms with Crippen molar-refractivity contribution >= 4 is 22.5 Å². The predicted octanol–water partition coefficient (Wildman–Crippen LogP) is 4.08. The molecular formula is C24H26F2N4O. The largest absolute Gasteiger partial charge is 0.322 e. The number of anilines is 1. The van der Waals surface area contributed by atoms with Crippen molar-refractivity contribution in [2.24, 2.45) is 0 Å². The van der Waals surface area contributed by atoms with Gasteiger partial charge in [-0.2, -0.15) is 0 Å². The molecule has 2 heterocycles. The van der Waals surface area contributed by atoms with Crippen molar-refractivity contribution < 1.29 is 13.6 Å². The number of halogens is 2. The van der Waals surface area contributed by atoms with E-state index >= 15 is 0 Å². The van der Waals surface area contributed by atoms with Crippen molar-refractivity contribution in [2.45, 2.75) is 19.4 Å². The monoisotopic (exact) mass is 424 g/mol. The third-order valence-electron chi connectivity index (χ3n) is 5.61. The molecular weight excluding hydrogens is 398 g/mol. The average molecular weight is 424 g/mol. The Hall–Kier alpha value is -2.90. The van der Waals surface area contributed by atoms with Gasteiger partial charge in [0.15, 0.2) is 11.6 Å². The molecule has 0 fully saturated rings. The summed E-state index contributed by atoms with van der Waals surface area (Å²) >= 11 is 0. The number of rotatable bonds is 6. The Bertz CT molecular complexity index is 1120. The third-order valence-corrected chi connectivity index (χ3v) is 5.61. The summed E-state index contributed by atoms with van der Waals surface area (Å²) in [5.41, 5.74) is 3.38. The Labute approximate surface area is 180 Å². The normalized spacial score (nSPS) is 14.1. The molecule has 0 spiro atoms. The molecule has 1 amide bonds. The van der Waals surface area contributed by atoms with Crippen LogP contribution in [0, 0.1) is 11.6 Å². The quantitative estimate of drug-likeness (QED) is 0.648. The first kappa shape index (κ1) is 21.3. The highest BCUT2D eigenvalue weighted by Gasteiger charge is 2.26. The number of nitrogens with zero attached hydrogens (tertiary/aromatic N) is 3. The molecule has 0 saturated heterocycles. The number of hydrogen-bond donors (Lipinski definition) is 1. The highest BCUT2D eigenvalue weighted by molar-refractivity contribution is 6.13. The lowest BCUT2D eigenvalue weighted by molar-refractivity contribution is 0.102. The molecule has 0 atom stereocenters. The van der Waals surface area contributed by atoms with Gasteiger partial charge in [0, 0.05) is 47.9 Å². The van der Waals surface area contributed by atoms with Crippen LogP contribution in [0.2, 0.25) is 0 Å². The van der Waals surface area contributed by atoms with Gasteiger partial charge in [0.05, 0.1) is 11.1 Å². The van der Waals surface area contributed by atoms with Gasteiger partial charge in [-0.25, -0.2) is 8.78 Å². The van der Waals surface area contributed by atoms with Crippen LogP contribution in [-0.4, -0.2) is 54.4 Å². The van der Waals surface area contributed by atoms with Crippen LogP contribution < -0.4 is 5.32 Å².